The fourth-order valence-electron chi connectivity index (χ4n) is 2.39. The lowest BCUT2D eigenvalue weighted by Gasteiger charge is -2.12. The van der Waals surface area contributed by atoms with Gasteiger partial charge in [0.1, 0.15) is 29.6 Å². The maximum absolute atomic E-state index is 12.5. The number of halogens is 1. The van der Waals surface area contributed by atoms with Crippen LogP contribution in [0.3, 0.4) is 0 Å². The Balaban J connectivity index is 1.68. The summed E-state index contributed by atoms with van der Waals surface area (Å²) < 4.78 is 21.6. The standard InChI is InChI=1S/C20H18ClNO5/c1-24-18-11-19(25-2)16(10-15(18)21)22-20(23)17-9-8-14(27-17)12-26-13-6-4-3-5-7-13/h3-11H,12H2,1-2H3,(H,22,23). The third-order valence-corrected chi connectivity index (χ3v) is 4.03. The molecule has 1 N–H and O–H groups in total. The monoisotopic (exact) mass is 387 g/mol. The van der Waals surface area contributed by atoms with Crippen molar-refractivity contribution in [3.63, 3.8) is 0 Å². The molecule has 1 amide bonds. The van der Waals surface area contributed by atoms with Crippen LogP contribution in [0.25, 0.3) is 0 Å². The Morgan fingerprint density at radius 3 is 2.48 bits per heavy atom. The van der Waals surface area contributed by atoms with Crippen molar-refractivity contribution in [1.82, 2.24) is 0 Å². The van der Waals surface area contributed by atoms with E-state index in [0.29, 0.717) is 28.0 Å². The Morgan fingerprint density at radius 2 is 1.78 bits per heavy atom. The van der Waals surface area contributed by atoms with Gasteiger partial charge in [0.05, 0.1) is 24.9 Å². The van der Waals surface area contributed by atoms with E-state index in [-0.39, 0.29) is 12.4 Å². The molecule has 0 aliphatic carbocycles. The Labute approximate surface area is 161 Å². The van der Waals surface area contributed by atoms with Crippen molar-refractivity contribution in [1.29, 1.82) is 0 Å². The molecule has 0 saturated carbocycles. The van der Waals surface area contributed by atoms with E-state index < -0.39 is 5.91 Å². The predicted octanol–water partition coefficient (Wildman–Crippen LogP) is 4.78. The van der Waals surface area contributed by atoms with E-state index in [2.05, 4.69) is 5.32 Å². The van der Waals surface area contributed by atoms with Crippen LogP contribution in [0.5, 0.6) is 17.2 Å². The molecule has 140 valence electrons. The van der Waals surface area contributed by atoms with E-state index in [1.807, 2.05) is 30.3 Å². The topological polar surface area (TPSA) is 69.9 Å². The summed E-state index contributed by atoms with van der Waals surface area (Å²) in [5.41, 5.74) is 0.409. The van der Waals surface area contributed by atoms with Gasteiger partial charge in [-0.15, -0.1) is 0 Å². The van der Waals surface area contributed by atoms with Crippen LogP contribution in [0.15, 0.2) is 59.0 Å². The number of rotatable bonds is 7. The quantitative estimate of drug-likeness (QED) is 0.631. The molecule has 27 heavy (non-hydrogen) atoms. The number of amides is 1. The molecule has 0 atom stereocenters. The number of methoxy groups -OCH3 is 2. The fourth-order valence-corrected chi connectivity index (χ4v) is 2.63. The van der Waals surface area contributed by atoms with Crippen LogP contribution < -0.4 is 19.5 Å². The van der Waals surface area contributed by atoms with Crippen molar-refractivity contribution in [2.75, 3.05) is 19.5 Å². The average Bonchev–Trinajstić information content (AvgIpc) is 3.17. The summed E-state index contributed by atoms with van der Waals surface area (Å²) in [5.74, 6) is 1.84. The van der Waals surface area contributed by atoms with E-state index in [1.54, 1.807) is 24.3 Å². The van der Waals surface area contributed by atoms with Gasteiger partial charge in [-0.2, -0.15) is 0 Å². The normalized spacial score (nSPS) is 10.3. The second-order valence-corrected chi connectivity index (χ2v) is 5.92. The van der Waals surface area contributed by atoms with Crippen molar-refractivity contribution >= 4 is 23.2 Å². The Hall–Kier alpha value is -3.12. The minimum Gasteiger partial charge on any atom is -0.495 e. The highest BCUT2D eigenvalue weighted by Gasteiger charge is 2.16. The van der Waals surface area contributed by atoms with E-state index in [0.717, 1.165) is 5.75 Å². The van der Waals surface area contributed by atoms with Crippen molar-refractivity contribution in [3.05, 3.63) is 71.1 Å². The van der Waals surface area contributed by atoms with Gasteiger partial charge >= 0.3 is 0 Å². The first-order valence-corrected chi connectivity index (χ1v) is 8.48. The number of hydrogen-bond donors (Lipinski definition) is 1. The van der Waals surface area contributed by atoms with Crippen LogP contribution in [0.1, 0.15) is 16.3 Å². The van der Waals surface area contributed by atoms with Crippen LogP contribution in [-0.2, 0) is 6.61 Å². The zero-order valence-corrected chi connectivity index (χ0v) is 15.6. The molecule has 0 radical (unpaired) electrons. The van der Waals surface area contributed by atoms with Crippen molar-refractivity contribution in [2.45, 2.75) is 6.61 Å². The van der Waals surface area contributed by atoms with Gasteiger partial charge in [-0.3, -0.25) is 4.79 Å². The Morgan fingerprint density at radius 1 is 1.04 bits per heavy atom. The molecule has 0 bridgehead atoms. The summed E-state index contributed by atoms with van der Waals surface area (Å²) in [7, 11) is 2.99. The molecule has 7 heteroatoms. The van der Waals surface area contributed by atoms with Gasteiger partial charge in [0, 0.05) is 6.07 Å². The Kier molecular flexibility index (Phi) is 5.88. The third kappa shape index (κ3) is 4.54. The summed E-state index contributed by atoms with van der Waals surface area (Å²) in [5, 5.41) is 3.07. The number of anilines is 1. The highest BCUT2D eigenvalue weighted by atomic mass is 35.5. The van der Waals surface area contributed by atoms with Gasteiger partial charge in [-0.1, -0.05) is 29.8 Å². The van der Waals surface area contributed by atoms with Crippen molar-refractivity contribution < 1.29 is 23.4 Å². The largest absolute Gasteiger partial charge is 0.495 e. The van der Waals surface area contributed by atoms with Gasteiger partial charge in [0.2, 0.25) is 0 Å². The highest BCUT2D eigenvalue weighted by molar-refractivity contribution is 6.32. The molecule has 3 rings (SSSR count). The number of hydrogen-bond acceptors (Lipinski definition) is 5. The van der Waals surface area contributed by atoms with Crippen molar-refractivity contribution in [2.24, 2.45) is 0 Å². The molecule has 0 aliphatic heterocycles. The molecule has 0 unspecified atom stereocenters. The number of furan rings is 1. The van der Waals surface area contributed by atoms with Gasteiger partial charge < -0.3 is 23.9 Å². The molecule has 0 aliphatic rings. The van der Waals surface area contributed by atoms with Gasteiger partial charge in [-0.05, 0) is 30.3 Å². The smallest absolute Gasteiger partial charge is 0.291 e. The van der Waals surface area contributed by atoms with E-state index in [1.165, 1.54) is 14.2 Å². The zero-order valence-electron chi connectivity index (χ0n) is 14.8. The second-order valence-electron chi connectivity index (χ2n) is 5.51. The first-order chi connectivity index (χ1) is 13.1. The first-order valence-electron chi connectivity index (χ1n) is 8.10. The zero-order chi connectivity index (χ0) is 19.2. The second kappa shape index (κ2) is 8.51. The summed E-state index contributed by atoms with van der Waals surface area (Å²) in [4.78, 5) is 12.5. The lowest BCUT2D eigenvalue weighted by molar-refractivity contribution is 0.0992. The third-order valence-electron chi connectivity index (χ3n) is 3.73. The van der Waals surface area contributed by atoms with Crippen LogP contribution in [0, 0.1) is 0 Å². The lowest BCUT2D eigenvalue weighted by Crippen LogP contribution is -2.12. The first kappa shape index (κ1) is 18.7. The Bertz CT molecular complexity index is 923. The molecule has 6 nitrogen and oxygen atoms in total. The van der Waals surface area contributed by atoms with E-state index in [9.17, 15) is 4.79 Å². The SMILES string of the molecule is COc1cc(OC)c(NC(=O)c2ccc(COc3ccccc3)o2)cc1Cl. The summed E-state index contributed by atoms with van der Waals surface area (Å²) in [6.07, 6.45) is 0. The summed E-state index contributed by atoms with van der Waals surface area (Å²) >= 11 is 6.12. The maximum atomic E-state index is 12.5. The van der Waals surface area contributed by atoms with Crippen molar-refractivity contribution in [3.8, 4) is 17.2 Å². The molecule has 0 fully saturated rings. The molecular formula is C20H18ClNO5. The number of carbonyl (C=O) groups excluding carboxylic acids is 1. The maximum Gasteiger partial charge on any atom is 0.291 e. The number of carbonyl (C=O) groups is 1. The lowest BCUT2D eigenvalue weighted by atomic mass is 10.2. The van der Waals surface area contributed by atoms with E-state index >= 15 is 0 Å². The van der Waals surface area contributed by atoms with Gasteiger partial charge in [-0.25, -0.2) is 0 Å². The van der Waals surface area contributed by atoms with Gasteiger partial charge in [0.15, 0.2) is 5.76 Å². The number of ether oxygens (including phenoxy) is 3. The highest BCUT2D eigenvalue weighted by Crippen LogP contribution is 2.36. The van der Waals surface area contributed by atoms with Crippen LogP contribution in [0.2, 0.25) is 5.02 Å². The fraction of sp³-hybridized carbons (Fsp3) is 0.150. The summed E-state index contributed by atoms with van der Waals surface area (Å²) in [6, 6.07) is 15.8. The van der Waals surface area contributed by atoms with Gasteiger partial charge in [0.25, 0.3) is 5.91 Å². The predicted molar refractivity (Wildman–Crippen MR) is 102 cm³/mol. The average molecular weight is 388 g/mol. The molecule has 1 heterocycles. The molecule has 3 aromatic rings. The minimum absolute atomic E-state index is 0.149. The minimum atomic E-state index is -0.430. The van der Waals surface area contributed by atoms with Crippen LogP contribution in [0.4, 0.5) is 5.69 Å². The number of para-hydroxylation sites is 1. The molecule has 2 aromatic carbocycles. The number of benzene rings is 2. The van der Waals surface area contributed by atoms with E-state index in [4.69, 9.17) is 30.2 Å². The molecule has 1 aromatic heterocycles. The molecule has 0 saturated heterocycles. The molecular weight excluding hydrogens is 370 g/mol. The summed E-state index contributed by atoms with van der Waals surface area (Å²) in [6.45, 7) is 0.217. The number of nitrogens with one attached hydrogen (secondary N) is 1. The molecule has 0 spiro atoms. The van der Waals surface area contributed by atoms with Crippen LogP contribution in [-0.4, -0.2) is 20.1 Å². The van der Waals surface area contributed by atoms with Crippen LogP contribution >= 0.6 is 11.6 Å².